The fourth-order valence-corrected chi connectivity index (χ4v) is 5.22. The first-order valence-corrected chi connectivity index (χ1v) is 13.0. The van der Waals surface area contributed by atoms with Crippen LogP contribution in [0.1, 0.15) is 43.9 Å². The van der Waals surface area contributed by atoms with Crippen LogP contribution in [0.5, 0.6) is 0 Å². The highest BCUT2D eigenvalue weighted by Gasteiger charge is 2.19. The minimum absolute atomic E-state index is 0.382. The predicted octanol–water partition coefficient (Wildman–Crippen LogP) is 10.1. The van der Waals surface area contributed by atoms with Gasteiger partial charge in [0.1, 0.15) is 34.9 Å². The zero-order valence-corrected chi connectivity index (χ0v) is 21.9. The molecule has 0 N–H and O–H groups in total. The van der Waals surface area contributed by atoms with Crippen molar-refractivity contribution in [3.63, 3.8) is 0 Å². The highest BCUT2D eigenvalue weighted by molar-refractivity contribution is 8.00. The van der Waals surface area contributed by atoms with E-state index < -0.39 is 45.4 Å². The van der Waals surface area contributed by atoms with Crippen LogP contribution in [0.25, 0.3) is 12.2 Å². The monoisotopic (exact) mass is 554 g/mol. The SMILES string of the molecule is Cc1ccc(C(/C=C\c2c(F)cc(F)cc2F)SC(/C=C\c2c(F)cc(F)cc2F)c2ccc(C)cc2)cc1. The van der Waals surface area contributed by atoms with Gasteiger partial charge in [-0.05, 0) is 25.0 Å². The third-order valence-electron chi connectivity index (χ3n) is 6.07. The molecule has 39 heavy (non-hydrogen) atoms. The van der Waals surface area contributed by atoms with Crippen molar-refractivity contribution in [3.8, 4) is 0 Å². The quantitative estimate of drug-likeness (QED) is 0.195. The molecule has 0 aromatic heterocycles. The molecule has 7 heteroatoms. The van der Waals surface area contributed by atoms with Crippen molar-refractivity contribution in [2.24, 2.45) is 0 Å². The van der Waals surface area contributed by atoms with Gasteiger partial charge in [0.05, 0.1) is 0 Å². The summed E-state index contributed by atoms with van der Waals surface area (Å²) in [7, 11) is 0. The molecule has 0 radical (unpaired) electrons. The van der Waals surface area contributed by atoms with E-state index in [1.54, 1.807) is 12.2 Å². The molecule has 0 heterocycles. The summed E-state index contributed by atoms with van der Waals surface area (Å²) < 4.78 is 84.2. The Bertz CT molecular complexity index is 1350. The van der Waals surface area contributed by atoms with E-state index >= 15 is 0 Å². The van der Waals surface area contributed by atoms with Crippen molar-refractivity contribution in [1.82, 2.24) is 0 Å². The first-order valence-electron chi connectivity index (χ1n) is 12.0. The van der Waals surface area contributed by atoms with Crippen LogP contribution < -0.4 is 0 Å². The van der Waals surface area contributed by atoms with Gasteiger partial charge in [0.25, 0.3) is 0 Å². The summed E-state index contributed by atoms with van der Waals surface area (Å²) in [6.07, 6.45) is 5.72. The van der Waals surface area contributed by atoms with E-state index in [2.05, 4.69) is 0 Å². The third-order valence-corrected chi connectivity index (χ3v) is 7.51. The Balaban J connectivity index is 1.76. The maximum Gasteiger partial charge on any atom is 0.136 e. The maximum absolute atomic E-state index is 14.3. The lowest BCUT2D eigenvalue weighted by Gasteiger charge is -2.21. The number of hydrogen-bond acceptors (Lipinski definition) is 1. The summed E-state index contributed by atoms with van der Waals surface area (Å²) in [6.45, 7) is 3.85. The van der Waals surface area contributed by atoms with Crippen molar-refractivity contribution < 1.29 is 26.3 Å². The fraction of sp³-hybridized carbons (Fsp3) is 0.125. The minimum atomic E-state index is -1.03. The zero-order valence-electron chi connectivity index (χ0n) is 21.1. The molecule has 0 saturated carbocycles. The third kappa shape index (κ3) is 7.24. The van der Waals surface area contributed by atoms with Crippen LogP contribution in [0.2, 0.25) is 0 Å². The maximum atomic E-state index is 14.3. The molecule has 0 aliphatic rings. The Morgan fingerprint density at radius 3 is 1.13 bits per heavy atom. The van der Waals surface area contributed by atoms with Gasteiger partial charge in [-0.1, -0.05) is 84.0 Å². The average Bonchev–Trinajstić information content (AvgIpc) is 2.86. The van der Waals surface area contributed by atoms with Crippen LogP contribution in [0.4, 0.5) is 26.3 Å². The number of aryl methyl sites for hydroxylation is 2. The van der Waals surface area contributed by atoms with E-state index in [0.29, 0.717) is 24.3 Å². The van der Waals surface area contributed by atoms with Crippen LogP contribution in [0.3, 0.4) is 0 Å². The number of halogens is 6. The second kappa shape index (κ2) is 12.4. The van der Waals surface area contributed by atoms with Gasteiger partial charge in [0, 0.05) is 45.9 Å². The van der Waals surface area contributed by atoms with Crippen LogP contribution in [0, 0.1) is 48.8 Å². The van der Waals surface area contributed by atoms with Crippen molar-refractivity contribution in [2.45, 2.75) is 24.3 Å². The summed E-state index contributed by atoms with van der Waals surface area (Å²) in [6, 6.07) is 17.6. The lowest BCUT2D eigenvalue weighted by Crippen LogP contribution is -1.99. The van der Waals surface area contributed by atoms with Gasteiger partial charge >= 0.3 is 0 Å². The molecular formula is C32H24F6S. The number of rotatable bonds is 8. The molecule has 0 saturated heterocycles. The molecule has 200 valence electrons. The van der Waals surface area contributed by atoms with Crippen molar-refractivity contribution >= 4 is 23.9 Å². The molecule has 4 aromatic carbocycles. The summed E-state index contributed by atoms with van der Waals surface area (Å²) in [5.41, 5.74) is 2.89. The first-order chi connectivity index (χ1) is 18.6. The molecular weight excluding hydrogens is 530 g/mol. The summed E-state index contributed by atoms with van der Waals surface area (Å²) in [5, 5.41) is -0.929. The molecule has 0 amide bonds. The Hall–Kier alpha value is -3.71. The van der Waals surface area contributed by atoms with Crippen molar-refractivity contribution in [2.75, 3.05) is 0 Å². The van der Waals surface area contributed by atoms with Crippen LogP contribution in [-0.4, -0.2) is 0 Å². The van der Waals surface area contributed by atoms with Gasteiger partial charge in [-0.3, -0.25) is 0 Å². The molecule has 4 rings (SSSR count). The first kappa shape index (κ1) is 28.3. The largest absolute Gasteiger partial charge is 0.207 e. The van der Waals surface area contributed by atoms with E-state index in [9.17, 15) is 26.3 Å². The number of hydrogen-bond donors (Lipinski definition) is 0. The van der Waals surface area contributed by atoms with E-state index in [1.165, 1.54) is 23.9 Å². The zero-order chi connectivity index (χ0) is 28.1. The molecule has 0 nitrogen and oxygen atoms in total. The highest BCUT2D eigenvalue weighted by Crippen LogP contribution is 2.43. The Kier molecular flexibility index (Phi) is 9.02. The fourth-order valence-electron chi connectivity index (χ4n) is 3.93. The highest BCUT2D eigenvalue weighted by atomic mass is 32.2. The normalized spacial score (nSPS) is 13.3. The topological polar surface area (TPSA) is 0 Å². The lowest BCUT2D eigenvalue weighted by atomic mass is 10.1. The van der Waals surface area contributed by atoms with E-state index in [0.717, 1.165) is 22.3 Å². The van der Waals surface area contributed by atoms with E-state index in [1.807, 2.05) is 62.4 Å². The summed E-state index contributed by atoms with van der Waals surface area (Å²) >= 11 is 1.36. The average molecular weight is 555 g/mol. The molecule has 0 spiro atoms. The molecule has 0 fully saturated rings. The lowest BCUT2D eigenvalue weighted by molar-refractivity contribution is 0.539. The summed E-state index contributed by atoms with van der Waals surface area (Å²) in [4.78, 5) is 0. The van der Waals surface area contributed by atoms with Crippen LogP contribution in [0.15, 0.2) is 84.9 Å². The second-order valence-electron chi connectivity index (χ2n) is 9.08. The molecule has 0 aliphatic carbocycles. The van der Waals surface area contributed by atoms with Crippen molar-refractivity contribution in [1.29, 1.82) is 0 Å². The summed E-state index contributed by atoms with van der Waals surface area (Å²) in [5.74, 6) is -6.17. The van der Waals surface area contributed by atoms with Gasteiger partial charge < -0.3 is 0 Å². The van der Waals surface area contributed by atoms with Gasteiger partial charge in [0.15, 0.2) is 0 Å². The molecule has 2 atom stereocenters. The molecule has 0 bridgehead atoms. The Morgan fingerprint density at radius 2 is 0.821 bits per heavy atom. The Morgan fingerprint density at radius 1 is 0.513 bits per heavy atom. The van der Waals surface area contributed by atoms with E-state index in [-0.39, 0.29) is 11.1 Å². The van der Waals surface area contributed by atoms with Gasteiger partial charge in [-0.25, -0.2) is 26.3 Å². The van der Waals surface area contributed by atoms with Crippen LogP contribution >= 0.6 is 11.8 Å². The minimum Gasteiger partial charge on any atom is -0.207 e. The number of thioether (sulfide) groups is 1. The van der Waals surface area contributed by atoms with Crippen molar-refractivity contribution in [3.05, 3.63) is 153 Å². The Labute approximate surface area is 227 Å². The van der Waals surface area contributed by atoms with Crippen LogP contribution in [-0.2, 0) is 0 Å². The van der Waals surface area contributed by atoms with Gasteiger partial charge in [-0.15, -0.1) is 11.8 Å². The molecule has 0 aliphatic heterocycles. The molecule has 4 aromatic rings. The van der Waals surface area contributed by atoms with Gasteiger partial charge in [-0.2, -0.15) is 0 Å². The second-order valence-corrected chi connectivity index (χ2v) is 10.4. The number of benzene rings is 4. The van der Waals surface area contributed by atoms with E-state index in [4.69, 9.17) is 0 Å². The van der Waals surface area contributed by atoms with Gasteiger partial charge in [0.2, 0.25) is 0 Å². The predicted molar refractivity (Wildman–Crippen MR) is 146 cm³/mol. The smallest absolute Gasteiger partial charge is 0.136 e. The molecule has 2 unspecified atom stereocenters. The standard InChI is InChI=1S/C32H24F6S/c1-19-3-7-21(8-4-19)31(13-11-25-27(35)15-23(33)16-28(25)36)39-32(22-9-5-20(2)6-10-22)14-12-26-29(37)17-24(34)18-30(26)38/h3-18,31-32H,1-2H3/b13-11-,14-12-.